The number of urea groups is 1. The van der Waals surface area contributed by atoms with Crippen LogP contribution in [0.4, 0.5) is 4.79 Å². The maximum Gasteiger partial charge on any atom is 0.315 e. The number of nitrogens with one attached hydrogen (secondary N) is 4. The zero-order valence-corrected chi connectivity index (χ0v) is 29.8. The molecule has 0 aromatic rings. The minimum atomic E-state index is -0.942. The Morgan fingerprint density at radius 2 is 1.53 bits per heavy atom. The number of carbonyl (C=O) groups is 6. The van der Waals surface area contributed by atoms with Gasteiger partial charge in [-0.1, -0.05) is 68.2 Å². The van der Waals surface area contributed by atoms with Crippen LogP contribution in [-0.2, 0) is 24.0 Å². The molecule has 2 heterocycles. The summed E-state index contributed by atoms with van der Waals surface area (Å²) in [5.41, 5.74) is -1.10. The molecule has 4 aliphatic rings. The molecular formula is C35H58N6O6. The number of ketones is 1. The second-order valence-corrected chi connectivity index (χ2v) is 17.3. The number of amides is 6. The van der Waals surface area contributed by atoms with Gasteiger partial charge in [-0.3, -0.25) is 24.0 Å². The van der Waals surface area contributed by atoms with Crippen LogP contribution in [0.15, 0.2) is 0 Å². The molecule has 4 fully saturated rings. The molecular weight excluding hydrogens is 600 g/mol. The smallest absolute Gasteiger partial charge is 0.315 e. The molecule has 4 N–H and O–H groups in total. The summed E-state index contributed by atoms with van der Waals surface area (Å²) in [6.07, 6.45) is 6.41. The zero-order valence-electron chi connectivity index (χ0n) is 29.8. The monoisotopic (exact) mass is 658 g/mol. The number of likely N-dealkylation sites (tertiary alicyclic amines) is 2. The SMILES string of the molecule is CC1(C)CCN(C[C@@H](NC(=O)N[C@H](C(=O)N2CCC[C@H]2C(=O)NC(CC2CC2)C(=O)C(=O)NC2CC2)C(C)(C)C)C(C)(C)C)C(=O)C1. The van der Waals surface area contributed by atoms with Gasteiger partial charge in [0, 0.05) is 32.1 Å². The van der Waals surface area contributed by atoms with Crippen LogP contribution in [0.25, 0.3) is 0 Å². The Kier molecular flexibility index (Phi) is 11.0. The number of hydrogen-bond donors (Lipinski definition) is 4. The molecule has 4 rings (SSSR count). The van der Waals surface area contributed by atoms with Gasteiger partial charge in [-0.25, -0.2) is 4.79 Å². The normalized spacial score (nSPS) is 23.4. The van der Waals surface area contributed by atoms with Gasteiger partial charge >= 0.3 is 6.03 Å². The quantitative estimate of drug-likeness (QED) is 0.236. The Balaban J connectivity index is 1.42. The lowest BCUT2D eigenvalue weighted by atomic mass is 9.81. The van der Waals surface area contributed by atoms with Gasteiger partial charge in [-0.15, -0.1) is 0 Å². The van der Waals surface area contributed by atoms with Gasteiger partial charge in [0.2, 0.25) is 23.5 Å². The van der Waals surface area contributed by atoms with Crippen LogP contribution in [0, 0.1) is 22.2 Å². The van der Waals surface area contributed by atoms with Gasteiger partial charge in [0.1, 0.15) is 12.1 Å². The van der Waals surface area contributed by atoms with E-state index in [1.807, 2.05) is 46.4 Å². The molecule has 0 aromatic heterocycles. The summed E-state index contributed by atoms with van der Waals surface area (Å²) in [7, 11) is 0. The maximum atomic E-state index is 14.1. The van der Waals surface area contributed by atoms with E-state index >= 15 is 0 Å². The first-order valence-corrected chi connectivity index (χ1v) is 17.6. The second kappa shape index (κ2) is 14.1. The predicted octanol–water partition coefficient (Wildman–Crippen LogP) is 2.89. The van der Waals surface area contributed by atoms with Crippen LogP contribution < -0.4 is 21.3 Å². The molecule has 2 aliphatic carbocycles. The molecule has 47 heavy (non-hydrogen) atoms. The lowest BCUT2D eigenvalue weighted by Gasteiger charge is -2.41. The van der Waals surface area contributed by atoms with Gasteiger partial charge in [-0.05, 0) is 60.7 Å². The fourth-order valence-electron chi connectivity index (χ4n) is 6.40. The summed E-state index contributed by atoms with van der Waals surface area (Å²) in [6, 6.07) is -3.53. The zero-order chi connectivity index (χ0) is 34.9. The van der Waals surface area contributed by atoms with Crippen LogP contribution in [0.5, 0.6) is 0 Å². The van der Waals surface area contributed by atoms with E-state index in [0.717, 1.165) is 32.1 Å². The number of nitrogens with zero attached hydrogens (tertiary/aromatic N) is 2. The van der Waals surface area contributed by atoms with E-state index in [1.54, 1.807) is 0 Å². The lowest BCUT2D eigenvalue weighted by molar-refractivity contribution is -0.144. The van der Waals surface area contributed by atoms with E-state index in [9.17, 15) is 28.8 Å². The second-order valence-electron chi connectivity index (χ2n) is 17.3. The van der Waals surface area contributed by atoms with E-state index in [2.05, 4.69) is 35.1 Å². The first-order chi connectivity index (χ1) is 21.7. The van der Waals surface area contributed by atoms with E-state index < -0.39 is 47.2 Å². The van der Waals surface area contributed by atoms with Crippen molar-refractivity contribution < 1.29 is 28.8 Å². The third-order valence-electron chi connectivity index (χ3n) is 10.1. The predicted molar refractivity (Wildman–Crippen MR) is 178 cm³/mol. The third-order valence-corrected chi connectivity index (χ3v) is 10.1. The van der Waals surface area contributed by atoms with Crippen LogP contribution in [0.2, 0.25) is 0 Å². The van der Waals surface area contributed by atoms with E-state index in [-0.39, 0.29) is 34.7 Å². The highest BCUT2D eigenvalue weighted by molar-refractivity contribution is 6.38. The lowest BCUT2D eigenvalue weighted by Crippen LogP contribution is -2.62. The molecule has 1 unspecified atom stereocenters. The Morgan fingerprint density at radius 1 is 0.872 bits per heavy atom. The van der Waals surface area contributed by atoms with Crippen LogP contribution in [-0.4, -0.2) is 95.1 Å². The Bertz CT molecular complexity index is 1230. The highest BCUT2D eigenvalue weighted by atomic mass is 16.2. The highest BCUT2D eigenvalue weighted by Crippen LogP contribution is 2.34. The van der Waals surface area contributed by atoms with Crippen molar-refractivity contribution in [3.8, 4) is 0 Å². The van der Waals surface area contributed by atoms with E-state index in [0.29, 0.717) is 51.2 Å². The molecule has 2 saturated carbocycles. The fourth-order valence-corrected chi connectivity index (χ4v) is 6.40. The average Bonchev–Trinajstić information content (AvgIpc) is 3.89. The van der Waals surface area contributed by atoms with Gasteiger partial charge in [0.25, 0.3) is 5.91 Å². The number of hydrogen-bond acceptors (Lipinski definition) is 6. The van der Waals surface area contributed by atoms with Crippen LogP contribution >= 0.6 is 0 Å². The summed E-state index contributed by atoms with van der Waals surface area (Å²) in [6.45, 7) is 17.1. The molecule has 2 aliphatic heterocycles. The summed E-state index contributed by atoms with van der Waals surface area (Å²) in [5, 5.41) is 11.5. The van der Waals surface area contributed by atoms with Gasteiger partial charge in [-0.2, -0.15) is 0 Å². The van der Waals surface area contributed by atoms with Crippen molar-refractivity contribution in [3.05, 3.63) is 0 Å². The molecule has 0 bridgehead atoms. The van der Waals surface area contributed by atoms with Crippen molar-refractivity contribution in [1.82, 2.24) is 31.1 Å². The minimum Gasteiger partial charge on any atom is -0.347 e. The highest BCUT2D eigenvalue weighted by Gasteiger charge is 2.44. The minimum absolute atomic E-state index is 0.0315. The molecule has 6 amide bonds. The summed E-state index contributed by atoms with van der Waals surface area (Å²) >= 11 is 0. The molecule has 12 nitrogen and oxygen atoms in total. The maximum absolute atomic E-state index is 14.1. The van der Waals surface area contributed by atoms with Crippen LogP contribution in [0.1, 0.15) is 113 Å². The van der Waals surface area contributed by atoms with Crippen molar-refractivity contribution in [2.75, 3.05) is 19.6 Å². The van der Waals surface area contributed by atoms with E-state index in [1.165, 1.54) is 4.90 Å². The number of Topliss-reactive ketones (excluding diaryl/α,β-unsaturated/α-hetero) is 1. The number of carbonyl (C=O) groups excluding carboxylic acids is 6. The molecule has 264 valence electrons. The van der Waals surface area contributed by atoms with Crippen molar-refractivity contribution >= 4 is 35.4 Å². The van der Waals surface area contributed by atoms with Gasteiger partial charge in [0.05, 0.1) is 12.1 Å². The molecule has 4 atom stereocenters. The van der Waals surface area contributed by atoms with Gasteiger partial charge in [0.15, 0.2) is 0 Å². The fraction of sp³-hybridized carbons (Fsp3) is 0.829. The topological polar surface area (TPSA) is 157 Å². The Labute approximate surface area is 280 Å². The summed E-state index contributed by atoms with van der Waals surface area (Å²) in [4.78, 5) is 83.1. The first kappa shape index (κ1) is 36.7. The van der Waals surface area contributed by atoms with Crippen molar-refractivity contribution in [2.45, 2.75) is 143 Å². The van der Waals surface area contributed by atoms with Crippen molar-refractivity contribution in [3.63, 3.8) is 0 Å². The van der Waals surface area contributed by atoms with Gasteiger partial charge < -0.3 is 31.1 Å². The van der Waals surface area contributed by atoms with Crippen LogP contribution in [0.3, 0.4) is 0 Å². The molecule has 12 heteroatoms. The molecule has 0 spiro atoms. The van der Waals surface area contributed by atoms with E-state index in [4.69, 9.17) is 0 Å². The summed E-state index contributed by atoms with van der Waals surface area (Å²) < 4.78 is 0. The number of rotatable bonds is 12. The van der Waals surface area contributed by atoms with Crippen molar-refractivity contribution in [2.24, 2.45) is 22.2 Å². The van der Waals surface area contributed by atoms with Crippen molar-refractivity contribution in [1.29, 1.82) is 0 Å². The Morgan fingerprint density at radius 3 is 2.09 bits per heavy atom. The Hall–Kier alpha value is -3.18. The standard InChI is InChI=1S/C35H58N6O6/c1-33(2,3)25(20-40-17-15-35(7,8)19-26(40)42)38-32(47)39-28(34(4,5)6)31(46)41-16-9-10-24(41)29(44)37-23(18-21-11-12-21)27(43)30(45)36-22-13-14-22/h21-25,28H,9-20H2,1-8H3,(H,36,45)(H,37,44)(H2,38,39,47)/t23?,24-,25+,28+/m0/s1. The number of piperidine rings is 1. The third kappa shape index (κ3) is 10.2. The summed E-state index contributed by atoms with van der Waals surface area (Å²) in [5.74, 6) is -1.76. The molecule has 2 saturated heterocycles. The molecule has 0 aromatic carbocycles. The average molecular weight is 659 g/mol. The first-order valence-electron chi connectivity index (χ1n) is 17.6. The molecule has 0 radical (unpaired) electrons. The largest absolute Gasteiger partial charge is 0.347 e.